The first-order chi connectivity index (χ1) is 10.8. The van der Waals surface area contributed by atoms with Crippen molar-refractivity contribution < 1.29 is 9.53 Å². The molecule has 1 atom stereocenters. The fourth-order valence-corrected chi connectivity index (χ4v) is 2.76. The van der Waals surface area contributed by atoms with Crippen LogP contribution >= 0.6 is 0 Å². The predicted octanol–water partition coefficient (Wildman–Crippen LogP) is 3.04. The maximum absolute atomic E-state index is 12.3. The number of piperidine rings is 1. The first-order valence-electron chi connectivity index (χ1n) is 7.69. The average molecular weight is 296 g/mol. The number of aromatic nitrogens is 1. The molecule has 0 N–H and O–H groups in total. The molecule has 0 saturated carbocycles. The van der Waals surface area contributed by atoms with Gasteiger partial charge in [-0.2, -0.15) is 0 Å². The Bertz CT molecular complexity index is 601. The molecule has 2 aromatic rings. The van der Waals surface area contributed by atoms with E-state index in [1.54, 1.807) is 6.20 Å². The monoisotopic (exact) mass is 296 g/mol. The van der Waals surface area contributed by atoms with E-state index in [0.717, 1.165) is 30.8 Å². The standard InChI is InChI=1S/C18H20N2O2/c21-18(22-14-15-7-2-1-3-8-15)16-9-6-12-20(13-16)17-10-4-5-11-19-17/h1-5,7-8,10-11,16H,6,9,12-14H2. The van der Waals surface area contributed by atoms with Gasteiger partial charge in [0.15, 0.2) is 0 Å². The van der Waals surface area contributed by atoms with Gasteiger partial charge in [0.2, 0.25) is 0 Å². The third kappa shape index (κ3) is 3.64. The summed E-state index contributed by atoms with van der Waals surface area (Å²) >= 11 is 0. The molecule has 0 radical (unpaired) electrons. The number of carbonyl (C=O) groups is 1. The second-order valence-electron chi connectivity index (χ2n) is 5.57. The van der Waals surface area contributed by atoms with E-state index in [2.05, 4.69) is 9.88 Å². The molecular weight excluding hydrogens is 276 g/mol. The van der Waals surface area contributed by atoms with Gasteiger partial charge in [0.1, 0.15) is 12.4 Å². The van der Waals surface area contributed by atoms with Crippen LogP contribution in [-0.2, 0) is 16.1 Å². The van der Waals surface area contributed by atoms with Gasteiger partial charge in [-0.3, -0.25) is 4.79 Å². The van der Waals surface area contributed by atoms with Gasteiger partial charge >= 0.3 is 5.97 Å². The molecule has 4 heteroatoms. The predicted molar refractivity (Wildman–Crippen MR) is 85.4 cm³/mol. The number of anilines is 1. The van der Waals surface area contributed by atoms with Crippen LogP contribution in [0.3, 0.4) is 0 Å². The number of hydrogen-bond donors (Lipinski definition) is 0. The SMILES string of the molecule is O=C(OCc1ccccc1)C1CCCN(c2ccccn2)C1. The summed E-state index contributed by atoms with van der Waals surface area (Å²) in [6, 6.07) is 15.6. The lowest BCUT2D eigenvalue weighted by atomic mass is 9.98. The molecular formula is C18H20N2O2. The molecule has 114 valence electrons. The Balaban J connectivity index is 1.56. The van der Waals surface area contributed by atoms with E-state index in [9.17, 15) is 4.79 Å². The van der Waals surface area contributed by atoms with E-state index < -0.39 is 0 Å². The van der Waals surface area contributed by atoms with Crippen LogP contribution in [0.15, 0.2) is 54.7 Å². The van der Waals surface area contributed by atoms with Gasteiger partial charge < -0.3 is 9.64 Å². The van der Waals surface area contributed by atoms with Crippen molar-refractivity contribution in [1.29, 1.82) is 0 Å². The highest BCUT2D eigenvalue weighted by Gasteiger charge is 2.27. The molecule has 1 aliphatic rings. The largest absolute Gasteiger partial charge is 0.461 e. The maximum atomic E-state index is 12.3. The molecule has 3 rings (SSSR count). The minimum atomic E-state index is -0.107. The third-order valence-electron chi connectivity index (χ3n) is 3.95. The molecule has 0 bridgehead atoms. The van der Waals surface area contributed by atoms with Crippen molar-refractivity contribution in [3.63, 3.8) is 0 Å². The van der Waals surface area contributed by atoms with E-state index in [-0.39, 0.29) is 11.9 Å². The summed E-state index contributed by atoms with van der Waals surface area (Å²) in [5, 5.41) is 0. The summed E-state index contributed by atoms with van der Waals surface area (Å²) in [6.45, 7) is 1.98. The Labute approximate surface area is 130 Å². The van der Waals surface area contributed by atoms with Crippen molar-refractivity contribution in [2.24, 2.45) is 5.92 Å². The molecule has 22 heavy (non-hydrogen) atoms. The number of rotatable bonds is 4. The summed E-state index contributed by atoms with van der Waals surface area (Å²) < 4.78 is 5.47. The number of nitrogens with zero attached hydrogens (tertiary/aromatic N) is 2. The van der Waals surface area contributed by atoms with Crippen LogP contribution in [-0.4, -0.2) is 24.0 Å². The number of hydrogen-bond acceptors (Lipinski definition) is 4. The maximum Gasteiger partial charge on any atom is 0.311 e. The highest BCUT2D eigenvalue weighted by atomic mass is 16.5. The molecule has 0 aliphatic carbocycles. The van der Waals surface area contributed by atoms with E-state index in [1.807, 2.05) is 48.5 Å². The van der Waals surface area contributed by atoms with Crippen LogP contribution < -0.4 is 4.90 Å². The van der Waals surface area contributed by atoms with E-state index >= 15 is 0 Å². The number of esters is 1. The highest BCUT2D eigenvalue weighted by Crippen LogP contribution is 2.22. The first-order valence-corrected chi connectivity index (χ1v) is 7.69. The van der Waals surface area contributed by atoms with E-state index in [1.165, 1.54) is 0 Å². The second kappa shape index (κ2) is 7.07. The van der Waals surface area contributed by atoms with Crippen LogP contribution in [0, 0.1) is 5.92 Å². The normalized spacial score (nSPS) is 18.0. The summed E-state index contributed by atoms with van der Waals surface area (Å²) in [7, 11) is 0. The molecule has 1 aromatic carbocycles. The van der Waals surface area contributed by atoms with Crippen molar-refractivity contribution in [1.82, 2.24) is 4.98 Å². The lowest BCUT2D eigenvalue weighted by Crippen LogP contribution is -2.39. The van der Waals surface area contributed by atoms with Crippen LogP contribution in [0.5, 0.6) is 0 Å². The van der Waals surface area contributed by atoms with Gasteiger partial charge in [0, 0.05) is 19.3 Å². The smallest absolute Gasteiger partial charge is 0.311 e. The molecule has 0 spiro atoms. The van der Waals surface area contributed by atoms with Crippen molar-refractivity contribution in [2.45, 2.75) is 19.4 Å². The molecule has 1 fully saturated rings. The van der Waals surface area contributed by atoms with E-state index in [4.69, 9.17) is 4.74 Å². The van der Waals surface area contributed by atoms with Crippen LogP contribution in [0.4, 0.5) is 5.82 Å². The van der Waals surface area contributed by atoms with Gasteiger partial charge in [-0.25, -0.2) is 4.98 Å². The minimum Gasteiger partial charge on any atom is -0.461 e. The Morgan fingerprint density at radius 3 is 2.77 bits per heavy atom. The summed E-state index contributed by atoms with van der Waals surface area (Å²) in [5.41, 5.74) is 1.02. The summed E-state index contributed by atoms with van der Waals surface area (Å²) in [5.74, 6) is 0.756. The molecule has 1 aromatic heterocycles. The first kappa shape index (κ1) is 14.6. The molecule has 2 heterocycles. The number of ether oxygens (including phenoxy) is 1. The number of benzene rings is 1. The molecule has 0 amide bonds. The lowest BCUT2D eigenvalue weighted by molar-refractivity contribution is -0.150. The van der Waals surface area contributed by atoms with Gasteiger partial charge in [0.25, 0.3) is 0 Å². The molecule has 4 nitrogen and oxygen atoms in total. The number of carbonyl (C=O) groups excluding carboxylic acids is 1. The topological polar surface area (TPSA) is 42.4 Å². The lowest BCUT2D eigenvalue weighted by Gasteiger charge is -2.32. The van der Waals surface area contributed by atoms with Crippen molar-refractivity contribution in [3.8, 4) is 0 Å². The van der Waals surface area contributed by atoms with Crippen LogP contribution in [0.1, 0.15) is 18.4 Å². The van der Waals surface area contributed by atoms with Crippen molar-refractivity contribution in [3.05, 3.63) is 60.3 Å². The quantitative estimate of drug-likeness (QED) is 0.813. The Kier molecular flexibility index (Phi) is 4.68. The van der Waals surface area contributed by atoms with E-state index in [0.29, 0.717) is 13.2 Å². The van der Waals surface area contributed by atoms with Gasteiger partial charge in [0.05, 0.1) is 5.92 Å². The van der Waals surface area contributed by atoms with Crippen LogP contribution in [0.2, 0.25) is 0 Å². The highest BCUT2D eigenvalue weighted by molar-refractivity contribution is 5.73. The summed E-state index contributed by atoms with van der Waals surface area (Å²) in [4.78, 5) is 18.8. The fourth-order valence-electron chi connectivity index (χ4n) is 2.76. The van der Waals surface area contributed by atoms with Gasteiger partial charge in [-0.15, -0.1) is 0 Å². The average Bonchev–Trinajstić information content (AvgIpc) is 2.61. The third-order valence-corrected chi connectivity index (χ3v) is 3.95. The zero-order chi connectivity index (χ0) is 15.2. The van der Waals surface area contributed by atoms with Gasteiger partial charge in [-0.05, 0) is 30.5 Å². The zero-order valence-corrected chi connectivity index (χ0v) is 12.5. The van der Waals surface area contributed by atoms with Crippen molar-refractivity contribution in [2.75, 3.05) is 18.0 Å². The Morgan fingerprint density at radius 1 is 1.18 bits per heavy atom. The summed E-state index contributed by atoms with van der Waals surface area (Å²) in [6.07, 6.45) is 3.66. The fraction of sp³-hybridized carbons (Fsp3) is 0.333. The molecule has 1 saturated heterocycles. The van der Waals surface area contributed by atoms with Gasteiger partial charge in [-0.1, -0.05) is 36.4 Å². The minimum absolute atomic E-state index is 0.0699. The Hall–Kier alpha value is -2.36. The van der Waals surface area contributed by atoms with Crippen LogP contribution in [0.25, 0.3) is 0 Å². The molecule has 1 aliphatic heterocycles. The van der Waals surface area contributed by atoms with Crippen molar-refractivity contribution >= 4 is 11.8 Å². The molecule has 1 unspecified atom stereocenters. The zero-order valence-electron chi connectivity index (χ0n) is 12.5. The number of pyridine rings is 1. The second-order valence-corrected chi connectivity index (χ2v) is 5.57. The Morgan fingerprint density at radius 2 is 2.00 bits per heavy atom.